The fourth-order valence-corrected chi connectivity index (χ4v) is 2.03. The summed E-state index contributed by atoms with van der Waals surface area (Å²) < 4.78 is 5.67. The van der Waals surface area contributed by atoms with Gasteiger partial charge in [-0.2, -0.15) is 0 Å². The highest BCUT2D eigenvalue weighted by Gasteiger charge is 2.19. The number of hydrogen-bond donors (Lipinski definition) is 1. The number of aliphatic hydroxyl groups is 1. The molecule has 0 heterocycles. The molecule has 1 aliphatic carbocycles. The van der Waals surface area contributed by atoms with E-state index in [1.54, 1.807) is 0 Å². The molecule has 1 aromatic rings. The predicted molar refractivity (Wildman–Crippen MR) is 67.5 cm³/mol. The first-order valence-corrected chi connectivity index (χ1v) is 6.18. The Balaban J connectivity index is 1.71. The minimum Gasteiger partial charge on any atom is -0.393 e. The molecule has 0 radical (unpaired) electrons. The van der Waals surface area contributed by atoms with Crippen LogP contribution in [-0.4, -0.2) is 23.9 Å². The van der Waals surface area contributed by atoms with Gasteiger partial charge in [0.25, 0.3) is 0 Å². The van der Waals surface area contributed by atoms with Crippen molar-refractivity contribution in [3.8, 4) is 11.8 Å². The SMILES string of the molecule is OC1CCC(OCC#Cc2ccccc2)CC1. The van der Waals surface area contributed by atoms with Crippen LogP contribution in [0.5, 0.6) is 0 Å². The van der Waals surface area contributed by atoms with Gasteiger partial charge in [-0.3, -0.25) is 0 Å². The Kier molecular flexibility index (Phi) is 4.61. The average Bonchev–Trinajstić information content (AvgIpc) is 2.38. The maximum atomic E-state index is 9.36. The van der Waals surface area contributed by atoms with Gasteiger partial charge in [0, 0.05) is 5.56 Å². The zero-order valence-corrected chi connectivity index (χ0v) is 9.93. The van der Waals surface area contributed by atoms with E-state index in [0.717, 1.165) is 31.2 Å². The second-order valence-corrected chi connectivity index (χ2v) is 4.41. The van der Waals surface area contributed by atoms with E-state index in [1.807, 2.05) is 30.3 Å². The molecule has 2 rings (SSSR count). The van der Waals surface area contributed by atoms with Gasteiger partial charge in [0.1, 0.15) is 6.61 Å². The van der Waals surface area contributed by atoms with E-state index in [0.29, 0.717) is 6.61 Å². The molecule has 1 N–H and O–H groups in total. The molecule has 0 atom stereocenters. The highest BCUT2D eigenvalue weighted by atomic mass is 16.5. The van der Waals surface area contributed by atoms with Crippen LogP contribution in [0.1, 0.15) is 31.2 Å². The third-order valence-electron chi connectivity index (χ3n) is 3.04. The van der Waals surface area contributed by atoms with E-state index >= 15 is 0 Å². The molecule has 17 heavy (non-hydrogen) atoms. The lowest BCUT2D eigenvalue weighted by Gasteiger charge is -2.24. The normalized spacial score (nSPS) is 23.8. The number of ether oxygens (including phenoxy) is 1. The van der Waals surface area contributed by atoms with E-state index in [4.69, 9.17) is 4.74 Å². The van der Waals surface area contributed by atoms with Gasteiger partial charge in [0.15, 0.2) is 0 Å². The van der Waals surface area contributed by atoms with Crippen molar-refractivity contribution in [2.24, 2.45) is 0 Å². The van der Waals surface area contributed by atoms with Crippen LogP contribution in [0, 0.1) is 11.8 Å². The molecule has 1 aliphatic rings. The Labute approximate surface area is 103 Å². The topological polar surface area (TPSA) is 29.5 Å². The summed E-state index contributed by atoms with van der Waals surface area (Å²) in [7, 11) is 0. The quantitative estimate of drug-likeness (QED) is 0.790. The third-order valence-corrected chi connectivity index (χ3v) is 3.04. The zero-order chi connectivity index (χ0) is 11.9. The molecular formula is C15H18O2. The third kappa shape index (κ3) is 4.22. The van der Waals surface area contributed by atoms with E-state index in [9.17, 15) is 5.11 Å². The molecule has 2 heteroatoms. The fraction of sp³-hybridized carbons (Fsp3) is 0.467. The Morgan fingerprint density at radius 3 is 2.53 bits per heavy atom. The molecular weight excluding hydrogens is 212 g/mol. The second-order valence-electron chi connectivity index (χ2n) is 4.41. The molecule has 1 saturated carbocycles. The Morgan fingerprint density at radius 1 is 1.12 bits per heavy atom. The first-order chi connectivity index (χ1) is 8.34. The van der Waals surface area contributed by atoms with Gasteiger partial charge >= 0.3 is 0 Å². The van der Waals surface area contributed by atoms with Crippen molar-refractivity contribution in [3.63, 3.8) is 0 Å². The molecule has 2 nitrogen and oxygen atoms in total. The highest BCUT2D eigenvalue weighted by Crippen LogP contribution is 2.20. The lowest BCUT2D eigenvalue weighted by Crippen LogP contribution is -2.24. The first kappa shape index (κ1) is 12.2. The Hall–Kier alpha value is -1.30. The summed E-state index contributed by atoms with van der Waals surface area (Å²) in [6, 6.07) is 9.92. The van der Waals surface area contributed by atoms with Crippen LogP contribution in [-0.2, 0) is 4.74 Å². The molecule has 0 saturated heterocycles. The van der Waals surface area contributed by atoms with Crippen LogP contribution in [0.2, 0.25) is 0 Å². The summed E-state index contributed by atoms with van der Waals surface area (Å²) in [6.07, 6.45) is 3.78. The molecule has 1 aromatic carbocycles. The average molecular weight is 230 g/mol. The standard InChI is InChI=1S/C15H18O2/c16-14-8-10-15(11-9-14)17-12-4-7-13-5-2-1-3-6-13/h1-3,5-6,14-16H,8-12H2. The largest absolute Gasteiger partial charge is 0.393 e. The lowest BCUT2D eigenvalue weighted by atomic mass is 9.95. The fourth-order valence-electron chi connectivity index (χ4n) is 2.03. The molecule has 0 unspecified atom stereocenters. The van der Waals surface area contributed by atoms with Gasteiger partial charge in [-0.25, -0.2) is 0 Å². The number of rotatable bonds is 2. The lowest BCUT2D eigenvalue weighted by molar-refractivity contribution is 0.0111. The van der Waals surface area contributed by atoms with Crippen LogP contribution in [0.25, 0.3) is 0 Å². The molecule has 0 spiro atoms. The van der Waals surface area contributed by atoms with Crippen molar-refractivity contribution in [1.82, 2.24) is 0 Å². The maximum Gasteiger partial charge on any atom is 0.108 e. The van der Waals surface area contributed by atoms with Gasteiger partial charge in [0.2, 0.25) is 0 Å². The summed E-state index contributed by atoms with van der Waals surface area (Å²) in [4.78, 5) is 0. The van der Waals surface area contributed by atoms with E-state index in [1.165, 1.54) is 0 Å². The monoisotopic (exact) mass is 230 g/mol. The van der Waals surface area contributed by atoms with Gasteiger partial charge in [-0.05, 0) is 37.8 Å². The molecule has 90 valence electrons. The van der Waals surface area contributed by atoms with Crippen molar-refractivity contribution >= 4 is 0 Å². The van der Waals surface area contributed by atoms with Crippen molar-refractivity contribution in [2.45, 2.75) is 37.9 Å². The molecule has 0 aliphatic heterocycles. The summed E-state index contributed by atoms with van der Waals surface area (Å²) in [5, 5.41) is 9.36. The number of hydrogen-bond acceptors (Lipinski definition) is 2. The second kappa shape index (κ2) is 6.44. The molecule has 1 fully saturated rings. The van der Waals surface area contributed by atoms with E-state index in [-0.39, 0.29) is 12.2 Å². The minimum absolute atomic E-state index is 0.120. The summed E-state index contributed by atoms with van der Waals surface area (Å²) in [6.45, 7) is 0.482. The molecule has 0 aromatic heterocycles. The van der Waals surface area contributed by atoms with Gasteiger partial charge < -0.3 is 9.84 Å². The van der Waals surface area contributed by atoms with Crippen LogP contribution in [0.4, 0.5) is 0 Å². The van der Waals surface area contributed by atoms with E-state index in [2.05, 4.69) is 11.8 Å². The zero-order valence-electron chi connectivity index (χ0n) is 9.93. The van der Waals surface area contributed by atoms with Crippen LogP contribution >= 0.6 is 0 Å². The van der Waals surface area contributed by atoms with Gasteiger partial charge in [0.05, 0.1) is 12.2 Å². The summed E-state index contributed by atoms with van der Waals surface area (Å²) in [5.41, 5.74) is 1.02. The Morgan fingerprint density at radius 2 is 1.82 bits per heavy atom. The number of benzene rings is 1. The summed E-state index contributed by atoms with van der Waals surface area (Å²) in [5.74, 6) is 6.09. The maximum absolute atomic E-state index is 9.36. The van der Waals surface area contributed by atoms with Crippen LogP contribution in [0.15, 0.2) is 30.3 Å². The van der Waals surface area contributed by atoms with Gasteiger partial charge in [-0.1, -0.05) is 30.0 Å². The summed E-state index contributed by atoms with van der Waals surface area (Å²) >= 11 is 0. The molecule has 0 amide bonds. The predicted octanol–water partition coefficient (Wildman–Crippen LogP) is 2.36. The smallest absolute Gasteiger partial charge is 0.108 e. The van der Waals surface area contributed by atoms with Crippen molar-refractivity contribution < 1.29 is 9.84 Å². The highest BCUT2D eigenvalue weighted by molar-refractivity contribution is 5.33. The van der Waals surface area contributed by atoms with Crippen molar-refractivity contribution in [2.75, 3.05) is 6.61 Å². The van der Waals surface area contributed by atoms with Crippen molar-refractivity contribution in [3.05, 3.63) is 35.9 Å². The van der Waals surface area contributed by atoms with Crippen LogP contribution in [0.3, 0.4) is 0 Å². The Bertz CT molecular complexity index is 380. The van der Waals surface area contributed by atoms with Crippen LogP contribution < -0.4 is 0 Å². The first-order valence-electron chi connectivity index (χ1n) is 6.18. The molecule has 0 bridgehead atoms. The van der Waals surface area contributed by atoms with Crippen molar-refractivity contribution in [1.29, 1.82) is 0 Å². The van der Waals surface area contributed by atoms with Gasteiger partial charge in [-0.15, -0.1) is 0 Å². The number of aliphatic hydroxyl groups excluding tert-OH is 1. The van der Waals surface area contributed by atoms with E-state index < -0.39 is 0 Å². The minimum atomic E-state index is -0.120.